The third kappa shape index (κ3) is 7.89. The number of amides is 1. The van der Waals surface area contributed by atoms with Crippen LogP contribution in [0.3, 0.4) is 0 Å². The first-order chi connectivity index (χ1) is 24.1. The maximum atomic E-state index is 13.7. The van der Waals surface area contributed by atoms with Crippen molar-refractivity contribution < 1.29 is 49.3 Å². The molecule has 1 unspecified atom stereocenters. The number of hydrogen-bond donors (Lipinski definition) is 4. The molecule has 1 aliphatic heterocycles. The molecule has 3 heterocycles. The number of alkyl halides is 3. The molecule has 4 N–H and O–H groups in total. The van der Waals surface area contributed by atoms with E-state index in [4.69, 9.17) is 14.5 Å². The number of benzene rings is 4. The SMILES string of the molecule is O=C(O)C(F)(F)F.O=C1CC(c2ccc(C[C@H](NS(=O)(=O)c3ccc(-c4ccccc4)cc3)c3nc4cc5nonc5cc4[nH]3)cc2)S(=O)(=O)N1. The standard InChI is InChI=1S/C30H24N6O6S2.C2HF3O2/c37-29-17-28(44(40,41)36-29)21-8-6-18(7-9-21)14-27(30-31-23-15-25-26(34-42-33-25)16-24(23)32-30)35-43(38,39)22-12-10-20(11-13-22)19-4-2-1-3-5-19;3-2(4,5)1(6)7/h1-13,15-16,27-28,35H,14,17H2,(H,31,32)(H,36,37);(H,6,7)/t27-,28?;/m0./s1. The molecule has 1 saturated heterocycles. The number of aliphatic carboxylic acids is 1. The number of nitrogens with zero attached hydrogens (tertiary/aromatic N) is 3. The fourth-order valence-corrected chi connectivity index (χ4v) is 7.96. The molecule has 2 aromatic heterocycles. The summed E-state index contributed by atoms with van der Waals surface area (Å²) in [6.45, 7) is 0. The number of H-pyrrole nitrogens is 1. The minimum atomic E-state index is -5.08. The molecule has 0 bridgehead atoms. The normalized spacial score (nSPS) is 16.4. The van der Waals surface area contributed by atoms with E-state index in [1.54, 1.807) is 60.7 Å². The lowest BCUT2D eigenvalue weighted by molar-refractivity contribution is -0.192. The minimum Gasteiger partial charge on any atom is -0.475 e. The van der Waals surface area contributed by atoms with Crippen LogP contribution in [-0.2, 0) is 36.1 Å². The molecule has 1 fully saturated rings. The van der Waals surface area contributed by atoms with Gasteiger partial charge in [0.2, 0.25) is 26.0 Å². The molecule has 1 aliphatic rings. The number of nitrogens with one attached hydrogen (secondary N) is 3. The average Bonchev–Trinajstić information content (AvgIpc) is 3.79. The second kappa shape index (κ2) is 13.6. The monoisotopic (exact) mass is 742 g/mol. The van der Waals surface area contributed by atoms with Crippen LogP contribution < -0.4 is 9.44 Å². The fraction of sp³-hybridized carbons (Fsp3) is 0.156. The molecule has 0 radical (unpaired) electrons. The van der Waals surface area contributed by atoms with E-state index in [9.17, 15) is 34.8 Å². The first-order valence-electron chi connectivity index (χ1n) is 14.8. The molecule has 2 atom stereocenters. The van der Waals surface area contributed by atoms with Gasteiger partial charge < -0.3 is 10.1 Å². The molecule has 14 nitrogen and oxygen atoms in total. The summed E-state index contributed by atoms with van der Waals surface area (Å²) in [4.78, 5) is 28.6. The maximum absolute atomic E-state index is 13.7. The molecular formula is C32H25F3N6O8S2. The van der Waals surface area contributed by atoms with Crippen LogP contribution in [-0.4, -0.2) is 60.3 Å². The highest BCUT2D eigenvalue weighted by Crippen LogP contribution is 2.31. The third-order valence-corrected chi connectivity index (χ3v) is 11.0. The van der Waals surface area contributed by atoms with Crippen molar-refractivity contribution >= 4 is 54.0 Å². The third-order valence-electron chi connectivity index (χ3n) is 7.81. The molecule has 0 spiro atoms. The number of halogens is 3. The quantitative estimate of drug-likeness (QED) is 0.170. The van der Waals surface area contributed by atoms with Crippen LogP contribution in [0.25, 0.3) is 33.2 Å². The first-order valence-corrected chi connectivity index (χ1v) is 17.9. The van der Waals surface area contributed by atoms with Crippen molar-refractivity contribution in [3.8, 4) is 11.1 Å². The Bertz CT molecular complexity index is 2400. The summed E-state index contributed by atoms with van der Waals surface area (Å²) in [7, 11) is -7.80. The summed E-state index contributed by atoms with van der Waals surface area (Å²) >= 11 is 0. The van der Waals surface area contributed by atoms with Gasteiger partial charge in [-0.2, -0.15) is 13.2 Å². The van der Waals surface area contributed by atoms with Gasteiger partial charge in [0.1, 0.15) is 22.1 Å². The van der Waals surface area contributed by atoms with Gasteiger partial charge in [-0.3, -0.25) is 9.52 Å². The van der Waals surface area contributed by atoms with E-state index >= 15 is 0 Å². The van der Waals surface area contributed by atoms with Gasteiger partial charge in [0.25, 0.3) is 0 Å². The number of carboxylic acids is 1. The lowest BCUT2D eigenvalue weighted by Crippen LogP contribution is -2.31. The minimum absolute atomic E-state index is 0.0889. The smallest absolute Gasteiger partial charge is 0.475 e. The molecule has 19 heteroatoms. The number of aromatic nitrogens is 4. The van der Waals surface area contributed by atoms with E-state index in [0.717, 1.165) is 16.7 Å². The lowest BCUT2D eigenvalue weighted by Gasteiger charge is -2.18. The van der Waals surface area contributed by atoms with Crippen molar-refractivity contribution in [2.45, 2.75) is 35.2 Å². The summed E-state index contributed by atoms with van der Waals surface area (Å²) in [5.41, 5.74) is 5.25. The van der Waals surface area contributed by atoms with Crippen LogP contribution in [0.15, 0.2) is 101 Å². The topological polar surface area (TPSA) is 214 Å². The van der Waals surface area contributed by atoms with Crippen molar-refractivity contribution in [1.82, 2.24) is 29.7 Å². The highest BCUT2D eigenvalue weighted by atomic mass is 32.2. The predicted octanol–water partition coefficient (Wildman–Crippen LogP) is 4.55. The second-order valence-corrected chi connectivity index (χ2v) is 14.9. The lowest BCUT2D eigenvalue weighted by atomic mass is 10.0. The Kier molecular flexibility index (Phi) is 9.36. The zero-order valence-electron chi connectivity index (χ0n) is 25.8. The van der Waals surface area contributed by atoms with E-state index in [1.165, 1.54) is 0 Å². The van der Waals surface area contributed by atoms with Crippen LogP contribution in [0.5, 0.6) is 0 Å². The summed E-state index contributed by atoms with van der Waals surface area (Å²) in [6, 6.07) is 25.6. The van der Waals surface area contributed by atoms with E-state index in [-0.39, 0.29) is 17.7 Å². The van der Waals surface area contributed by atoms with Crippen LogP contribution in [0.2, 0.25) is 0 Å². The zero-order valence-corrected chi connectivity index (χ0v) is 27.5. The van der Waals surface area contributed by atoms with Gasteiger partial charge >= 0.3 is 12.1 Å². The number of aromatic amines is 1. The van der Waals surface area contributed by atoms with Crippen LogP contribution in [0.4, 0.5) is 13.2 Å². The molecular weight excluding hydrogens is 718 g/mol. The van der Waals surface area contributed by atoms with Crippen molar-refractivity contribution in [3.63, 3.8) is 0 Å². The summed E-state index contributed by atoms with van der Waals surface area (Å²) in [5, 5.41) is 13.9. The van der Waals surface area contributed by atoms with Crippen LogP contribution in [0, 0.1) is 0 Å². The van der Waals surface area contributed by atoms with Crippen molar-refractivity contribution in [3.05, 3.63) is 108 Å². The fourth-order valence-electron chi connectivity index (χ4n) is 5.33. The molecule has 1 amide bonds. The van der Waals surface area contributed by atoms with Crippen molar-refractivity contribution in [2.24, 2.45) is 0 Å². The maximum Gasteiger partial charge on any atom is 0.490 e. The van der Waals surface area contributed by atoms with Crippen LogP contribution in [0.1, 0.15) is 34.7 Å². The van der Waals surface area contributed by atoms with Gasteiger partial charge in [0.05, 0.1) is 28.4 Å². The Hall–Kier alpha value is -5.66. The van der Waals surface area contributed by atoms with Gasteiger partial charge in [-0.15, -0.1) is 0 Å². The van der Waals surface area contributed by atoms with E-state index in [1.807, 2.05) is 35.1 Å². The summed E-state index contributed by atoms with van der Waals surface area (Å²) in [6.07, 6.45) is -5.05. The Labute approximate surface area is 286 Å². The Morgan fingerprint density at radius 2 is 1.55 bits per heavy atom. The number of sulfonamides is 2. The van der Waals surface area contributed by atoms with Gasteiger partial charge in [-0.05, 0) is 63.3 Å². The zero-order chi connectivity index (χ0) is 36.6. The first kappa shape index (κ1) is 35.2. The predicted molar refractivity (Wildman–Crippen MR) is 175 cm³/mol. The molecule has 7 rings (SSSR count). The summed E-state index contributed by atoms with van der Waals surface area (Å²) < 4.78 is 93.3. The van der Waals surface area contributed by atoms with Gasteiger partial charge in [0, 0.05) is 0 Å². The van der Waals surface area contributed by atoms with Gasteiger partial charge in [-0.1, -0.05) is 66.7 Å². The molecule has 4 aromatic carbocycles. The van der Waals surface area contributed by atoms with Gasteiger partial charge in [-0.25, -0.2) is 36.0 Å². The van der Waals surface area contributed by atoms with Crippen molar-refractivity contribution in [2.75, 3.05) is 0 Å². The van der Waals surface area contributed by atoms with E-state index in [0.29, 0.717) is 33.5 Å². The van der Waals surface area contributed by atoms with E-state index < -0.39 is 49.4 Å². The average molecular weight is 743 g/mol. The highest BCUT2D eigenvalue weighted by molar-refractivity contribution is 7.90. The number of hydrogen-bond acceptors (Lipinski definition) is 10. The second-order valence-electron chi connectivity index (χ2n) is 11.3. The number of carbonyl (C=O) groups is 2. The number of rotatable bonds is 8. The number of carbonyl (C=O) groups excluding carboxylic acids is 1. The molecule has 264 valence electrons. The number of fused-ring (bicyclic) bond motifs is 2. The molecule has 6 aromatic rings. The number of carboxylic acid groups (broad SMARTS) is 1. The highest BCUT2D eigenvalue weighted by Gasteiger charge is 2.39. The molecule has 51 heavy (non-hydrogen) atoms. The molecule has 0 saturated carbocycles. The summed E-state index contributed by atoms with van der Waals surface area (Å²) in [5.74, 6) is -2.94. The Balaban J connectivity index is 0.000000582. The van der Waals surface area contributed by atoms with Crippen LogP contribution >= 0.6 is 0 Å². The largest absolute Gasteiger partial charge is 0.490 e. The number of imidazole rings is 1. The Morgan fingerprint density at radius 1 is 0.941 bits per heavy atom. The Morgan fingerprint density at radius 3 is 2.14 bits per heavy atom. The van der Waals surface area contributed by atoms with Crippen molar-refractivity contribution in [1.29, 1.82) is 0 Å². The molecule has 0 aliphatic carbocycles. The van der Waals surface area contributed by atoms with Gasteiger partial charge in [0.15, 0.2) is 0 Å². The van der Waals surface area contributed by atoms with E-state index in [2.05, 4.69) is 25.0 Å².